The monoisotopic (exact) mass is 373 g/mol. The fraction of sp³-hybridized carbons (Fsp3) is 0. The highest BCUT2D eigenvalue weighted by atomic mass is 35.5. The number of esters is 1. The number of aliphatic imine (C=N–C) groups is 1. The molecule has 0 aromatic heterocycles. The summed E-state index contributed by atoms with van der Waals surface area (Å²) in [6, 6.07) is 9.50. The van der Waals surface area contributed by atoms with Gasteiger partial charge in [-0.1, -0.05) is 23.7 Å². The molecular weight excluding hydrogens is 366 g/mol. The van der Waals surface area contributed by atoms with Crippen molar-refractivity contribution in [3.63, 3.8) is 0 Å². The van der Waals surface area contributed by atoms with Crippen molar-refractivity contribution in [3.05, 3.63) is 84.5 Å². The van der Waals surface area contributed by atoms with Gasteiger partial charge >= 0.3 is 5.97 Å². The van der Waals surface area contributed by atoms with Gasteiger partial charge in [-0.15, -0.1) is 0 Å². The van der Waals surface area contributed by atoms with Crippen LogP contribution in [0.2, 0.25) is 5.02 Å². The van der Waals surface area contributed by atoms with Gasteiger partial charge in [0, 0.05) is 23.8 Å². The molecule has 0 unspecified atom stereocenters. The van der Waals surface area contributed by atoms with E-state index in [4.69, 9.17) is 16.3 Å². The second-order valence-corrected chi connectivity index (χ2v) is 5.52. The van der Waals surface area contributed by atoms with Crippen LogP contribution in [-0.2, 0) is 9.53 Å². The number of hydrogen-bond donors (Lipinski definition) is 0. The number of carbonyl (C=O) groups is 1. The molecule has 0 spiro atoms. The summed E-state index contributed by atoms with van der Waals surface area (Å²) in [5.41, 5.74) is 0.0236. The molecule has 0 fully saturated rings. The molecule has 130 valence electrons. The van der Waals surface area contributed by atoms with Crippen LogP contribution in [0.25, 0.3) is 6.08 Å². The van der Waals surface area contributed by atoms with Gasteiger partial charge < -0.3 is 4.74 Å². The molecule has 0 aliphatic carbocycles. The highest BCUT2D eigenvalue weighted by Crippen LogP contribution is 2.27. The van der Waals surface area contributed by atoms with Gasteiger partial charge in [0.15, 0.2) is 5.70 Å². The van der Waals surface area contributed by atoms with E-state index in [1.54, 1.807) is 6.07 Å². The molecule has 3 rings (SSSR count). The van der Waals surface area contributed by atoms with Crippen LogP contribution in [0.15, 0.2) is 53.2 Å². The molecule has 0 amide bonds. The third-order valence-corrected chi connectivity index (χ3v) is 3.71. The predicted octanol–water partition coefficient (Wildman–Crippen LogP) is 3.50. The topological polar surface area (TPSA) is 125 Å². The van der Waals surface area contributed by atoms with Crippen LogP contribution in [0.4, 0.5) is 11.4 Å². The van der Waals surface area contributed by atoms with E-state index in [0.717, 1.165) is 6.07 Å². The summed E-state index contributed by atoms with van der Waals surface area (Å²) in [6.07, 6.45) is 1.33. The van der Waals surface area contributed by atoms with Crippen molar-refractivity contribution in [2.24, 2.45) is 4.99 Å². The molecule has 26 heavy (non-hydrogen) atoms. The Bertz CT molecular complexity index is 1010. The average molecular weight is 374 g/mol. The van der Waals surface area contributed by atoms with Gasteiger partial charge in [-0.25, -0.2) is 9.79 Å². The van der Waals surface area contributed by atoms with E-state index in [0.29, 0.717) is 5.56 Å². The number of halogens is 1. The zero-order chi connectivity index (χ0) is 18.8. The number of nitrogens with zero attached hydrogens (tertiary/aromatic N) is 3. The van der Waals surface area contributed by atoms with E-state index in [2.05, 4.69) is 4.99 Å². The number of nitro groups is 2. The van der Waals surface area contributed by atoms with Crippen LogP contribution in [-0.4, -0.2) is 21.7 Å². The van der Waals surface area contributed by atoms with Gasteiger partial charge in [0.2, 0.25) is 5.90 Å². The largest absolute Gasteiger partial charge is 0.402 e. The Morgan fingerprint density at radius 3 is 2.54 bits per heavy atom. The van der Waals surface area contributed by atoms with Gasteiger partial charge in [-0.05, 0) is 23.8 Å². The number of nitro benzene ring substituents is 2. The van der Waals surface area contributed by atoms with E-state index in [1.165, 1.54) is 36.4 Å². The quantitative estimate of drug-likeness (QED) is 0.349. The number of cyclic esters (lactones) is 1. The van der Waals surface area contributed by atoms with Gasteiger partial charge in [0.25, 0.3) is 11.4 Å². The first-order valence-electron chi connectivity index (χ1n) is 7.06. The molecule has 1 heterocycles. The highest BCUT2D eigenvalue weighted by molar-refractivity contribution is 6.32. The molecule has 0 saturated carbocycles. The molecule has 1 aliphatic rings. The van der Waals surface area contributed by atoms with Crippen molar-refractivity contribution in [2.45, 2.75) is 0 Å². The van der Waals surface area contributed by atoms with Gasteiger partial charge in [0.1, 0.15) is 5.02 Å². The summed E-state index contributed by atoms with van der Waals surface area (Å²) in [7, 11) is 0. The molecule has 0 atom stereocenters. The van der Waals surface area contributed by atoms with E-state index in [-0.39, 0.29) is 33.6 Å². The van der Waals surface area contributed by atoms with Gasteiger partial charge in [0.05, 0.1) is 9.85 Å². The fourth-order valence-corrected chi connectivity index (χ4v) is 2.39. The fourth-order valence-electron chi connectivity index (χ4n) is 2.20. The van der Waals surface area contributed by atoms with Crippen molar-refractivity contribution in [3.8, 4) is 0 Å². The minimum absolute atomic E-state index is 0.0592. The Hall–Kier alpha value is -3.59. The molecule has 0 radical (unpaired) electrons. The van der Waals surface area contributed by atoms with Gasteiger partial charge in [-0.3, -0.25) is 20.2 Å². The van der Waals surface area contributed by atoms with E-state index >= 15 is 0 Å². The van der Waals surface area contributed by atoms with Crippen molar-refractivity contribution >= 4 is 40.9 Å². The Morgan fingerprint density at radius 2 is 1.85 bits per heavy atom. The number of rotatable bonds is 4. The predicted molar refractivity (Wildman–Crippen MR) is 91.8 cm³/mol. The maximum atomic E-state index is 12.0. The minimum Gasteiger partial charge on any atom is -0.402 e. The zero-order valence-corrected chi connectivity index (χ0v) is 13.5. The molecule has 0 saturated heterocycles. The molecule has 0 bridgehead atoms. The molecular formula is C16H8ClN3O6. The Labute approximate surface area is 150 Å². The Balaban J connectivity index is 1.97. The first-order valence-corrected chi connectivity index (χ1v) is 7.44. The summed E-state index contributed by atoms with van der Waals surface area (Å²) < 4.78 is 5.03. The van der Waals surface area contributed by atoms with Crippen LogP contribution >= 0.6 is 11.6 Å². The lowest BCUT2D eigenvalue weighted by atomic mass is 10.1. The van der Waals surface area contributed by atoms with Crippen molar-refractivity contribution < 1.29 is 19.4 Å². The van der Waals surface area contributed by atoms with Crippen LogP contribution in [0.3, 0.4) is 0 Å². The molecule has 1 aliphatic heterocycles. The summed E-state index contributed by atoms with van der Waals surface area (Å²) >= 11 is 5.75. The average Bonchev–Trinajstić information content (AvgIpc) is 2.96. The molecule has 9 nitrogen and oxygen atoms in total. The normalized spacial score (nSPS) is 14.9. The number of carbonyl (C=O) groups excluding carboxylic acids is 1. The maximum absolute atomic E-state index is 12.0. The highest BCUT2D eigenvalue weighted by Gasteiger charge is 2.26. The van der Waals surface area contributed by atoms with E-state index in [1.807, 2.05) is 0 Å². The molecule has 10 heteroatoms. The van der Waals surface area contributed by atoms with Crippen LogP contribution in [0.1, 0.15) is 11.1 Å². The van der Waals surface area contributed by atoms with Gasteiger partial charge in [-0.2, -0.15) is 0 Å². The SMILES string of the molecule is O=C1OC(c2ccc(Cl)c([N+](=O)[O-])c2)=N/C1=C\c1cccc([N+](=O)[O-])c1. The number of hydrogen-bond acceptors (Lipinski definition) is 7. The van der Waals surface area contributed by atoms with E-state index in [9.17, 15) is 25.0 Å². The first-order chi connectivity index (χ1) is 12.3. The van der Waals surface area contributed by atoms with E-state index < -0.39 is 15.8 Å². The third kappa shape index (κ3) is 3.42. The third-order valence-electron chi connectivity index (χ3n) is 3.39. The number of benzene rings is 2. The van der Waals surface area contributed by atoms with Crippen molar-refractivity contribution in [1.29, 1.82) is 0 Å². The lowest BCUT2D eigenvalue weighted by Gasteiger charge is -2.00. The number of non-ortho nitro benzene ring substituents is 1. The number of ether oxygens (including phenoxy) is 1. The first kappa shape index (κ1) is 17.2. The molecule has 2 aromatic rings. The zero-order valence-electron chi connectivity index (χ0n) is 12.8. The standard InChI is InChI=1S/C16H8ClN3O6/c17-12-5-4-10(8-14(12)20(24)25)15-18-13(16(21)26-15)7-9-2-1-3-11(6-9)19(22)23/h1-8H/b13-7-. The molecule has 2 aromatic carbocycles. The molecule has 0 N–H and O–H groups in total. The summed E-state index contributed by atoms with van der Waals surface area (Å²) in [5.74, 6) is -0.893. The second-order valence-electron chi connectivity index (χ2n) is 5.11. The van der Waals surface area contributed by atoms with Crippen LogP contribution in [0, 0.1) is 20.2 Å². The summed E-state index contributed by atoms with van der Waals surface area (Å²) in [6.45, 7) is 0. The second kappa shape index (κ2) is 6.73. The smallest absolute Gasteiger partial charge is 0.363 e. The van der Waals surface area contributed by atoms with Crippen molar-refractivity contribution in [1.82, 2.24) is 0 Å². The lowest BCUT2D eigenvalue weighted by molar-refractivity contribution is -0.385. The van der Waals surface area contributed by atoms with Crippen LogP contribution < -0.4 is 0 Å². The van der Waals surface area contributed by atoms with Crippen molar-refractivity contribution in [2.75, 3.05) is 0 Å². The Kier molecular flexibility index (Phi) is 4.46. The summed E-state index contributed by atoms with van der Waals surface area (Å²) in [4.78, 5) is 36.5. The maximum Gasteiger partial charge on any atom is 0.363 e. The lowest BCUT2D eigenvalue weighted by Crippen LogP contribution is -2.06. The minimum atomic E-state index is -0.774. The Morgan fingerprint density at radius 1 is 1.08 bits per heavy atom. The summed E-state index contributed by atoms with van der Waals surface area (Å²) in [5, 5.41) is 21.7. The van der Waals surface area contributed by atoms with Crippen LogP contribution in [0.5, 0.6) is 0 Å².